The molecule has 2 fully saturated rings. The largest absolute Gasteiger partial charge is 0.390 e. The van der Waals surface area contributed by atoms with Crippen molar-refractivity contribution in [2.75, 3.05) is 5.32 Å². The van der Waals surface area contributed by atoms with Gasteiger partial charge in [-0.05, 0) is 75.8 Å². The van der Waals surface area contributed by atoms with Crippen LogP contribution in [0.2, 0.25) is 0 Å². The predicted octanol–water partition coefficient (Wildman–Crippen LogP) is 4.56. The van der Waals surface area contributed by atoms with Gasteiger partial charge in [0.15, 0.2) is 5.82 Å². The van der Waals surface area contributed by atoms with E-state index in [1.807, 2.05) is 42.3 Å². The van der Waals surface area contributed by atoms with Crippen molar-refractivity contribution in [3.05, 3.63) is 60.8 Å². The quantitative estimate of drug-likeness (QED) is 0.487. The molecule has 6 rings (SSSR count). The monoisotopic (exact) mass is 428 g/mol. The molecular formula is C25H28N6O. The number of rotatable bonds is 5. The Kier molecular flexibility index (Phi) is 4.54. The Hall–Kier alpha value is -3.19. The molecule has 7 nitrogen and oxygen atoms in total. The molecule has 2 saturated carbocycles. The SMILES string of the molecule is CC1(O)CCCC(Nc2ccc3ncc(-c4ccnc(-n5ccc(C6CC6)n5)c4)n3c2)C1. The van der Waals surface area contributed by atoms with Gasteiger partial charge in [-0.2, -0.15) is 5.10 Å². The summed E-state index contributed by atoms with van der Waals surface area (Å²) in [7, 11) is 0. The van der Waals surface area contributed by atoms with E-state index in [0.29, 0.717) is 5.92 Å². The molecule has 4 aromatic rings. The average Bonchev–Trinajstić information content (AvgIpc) is 3.35. The highest BCUT2D eigenvalue weighted by molar-refractivity contribution is 5.66. The number of pyridine rings is 2. The van der Waals surface area contributed by atoms with Gasteiger partial charge in [-0.15, -0.1) is 0 Å². The van der Waals surface area contributed by atoms with E-state index in [4.69, 9.17) is 5.10 Å². The maximum absolute atomic E-state index is 10.4. The van der Waals surface area contributed by atoms with Crippen LogP contribution in [0.4, 0.5) is 5.69 Å². The molecule has 0 radical (unpaired) electrons. The topological polar surface area (TPSA) is 80.3 Å². The third-order valence-corrected chi connectivity index (χ3v) is 6.71. The van der Waals surface area contributed by atoms with E-state index in [2.05, 4.69) is 44.1 Å². The van der Waals surface area contributed by atoms with Crippen molar-refractivity contribution in [1.82, 2.24) is 24.1 Å². The zero-order chi connectivity index (χ0) is 21.7. The molecule has 2 aliphatic rings. The van der Waals surface area contributed by atoms with Crippen molar-refractivity contribution in [2.45, 2.75) is 63.0 Å². The van der Waals surface area contributed by atoms with Crippen LogP contribution in [0.1, 0.15) is 57.1 Å². The molecule has 2 N–H and O–H groups in total. The van der Waals surface area contributed by atoms with Crippen LogP contribution in [0.3, 0.4) is 0 Å². The molecule has 4 aromatic heterocycles. The summed E-state index contributed by atoms with van der Waals surface area (Å²) < 4.78 is 3.98. The van der Waals surface area contributed by atoms with Crippen LogP contribution >= 0.6 is 0 Å². The fourth-order valence-corrected chi connectivity index (χ4v) is 4.87. The summed E-state index contributed by atoms with van der Waals surface area (Å²) in [6.45, 7) is 1.94. The Morgan fingerprint density at radius 2 is 2.03 bits per heavy atom. The number of nitrogens with one attached hydrogen (secondary N) is 1. The van der Waals surface area contributed by atoms with Crippen molar-refractivity contribution >= 4 is 11.3 Å². The molecule has 2 aliphatic carbocycles. The van der Waals surface area contributed by atoms with Gasteiger partial charge in [0.1, 0.15) is 5.65 Å². The van der Waals surface area contributed by atoms with Gasteiger partial charge in [0.05, 0.1) is 28.9 Å². The van der Waals surface area contributed by atoms with E-state index in [0.717, 1.165) is 59.8 Å². The molecule has 0 spiro atoms. The number of aromatic nitrogens is 5. The van der Waals surface area contributed by atoms with Crippen molar-refractivity contribution in [1.29, 1.82) is 0 Å². The fourth-order valence-electron chi connectivity index (χ4n) is 4.87. The van der Waals surface area contributed by atoms with Gasteiger partial charge in [-0.1, -0.05) is 0 Å². The van der Waals surface area contributed by atoms with Gasteiger partial charge >= 0.3 is 0 Å². The first kappa shape index (κ1) is 19.5. The van der Waals surface area contributed by atoms with Crippen LogP contribution in [-0.2, 0) is 0 Å². The highest BCUT2D eigenvalue weighted by Gasteiger charge is 2.30. The van der Waals surface area contributed by atoms with Gasteiger partial charge in [0.2, 0.25) is 0 Å². The van der Waals surface area contributed by atoms with Crippen molar-refractivity contribution < 1.29 is 5.11 Å². The van der Waals surface area contributed by atoms with Gasteiger partial charge in [-0.25, -0.2) is 14.6 Å². The number of imidazole rings is 1. The summed E-state index contributed by atoms with van der Waals surface area (Å²) >= 11 is 0. The number of hydrogen-bond donors (Lipinski definition) is 2. The molecule has 2 atom stereocenters. The van der Waals surface area contributed by atoms with E-state index in [1.54, 1.807) is 0 Å². The van der Waals surface area contributed by atoms with E-state index in [1.165, 1.54) is 12.8 Å². The van der Waals surface area contributed by atoms with E-state index < -0.39 is 5.60 Å². The minimum absolute atomic E-state index is 0.274. The lowest BCUT2D eigenvalue weighted by Crippen LogP contribution is -2.38. The maximum Gasteiger partial charge on any atom is 0.153 e. The lowest BCUT2D eigenvalue weighted by molar-refractivity contribution is 0.0182. The molecule has 7 heteroatoms. The lowest BCUT2D eigenvalue weighted by Gasteiger charge is -2.34. The second-order valence-corrected chi connectivity index (χ2v) is 9.59. The van der Waals surface area contributed by atoms with E-state index >= 15 is 0 Å². The van der Waals surface area contributed by atoms with Crippen molar-refractivity contribution in [2.24, 2.45) is 0 Å². The highest BCUT2D eigenvalue weighted by atomic mass is 16.3. The molecule has 4 heterocycles. The third kappa shape index (κ3) is 3.77. The Morgan fingerprint density at radius 1 is 1.12 bits per heavy atom. The molecule has 0 aromatic carbocycles. The van der Waals surface area contributed by atoms with Gasteiger partial charge < -0.3 is 10.4 Å². The molecule has 0 bridgehead atoms. The summed E-state index contributed by atoms with van der Waals surface area (Å²) in [6.07, 6.45) is 14.1. The van der Waals surface area contributed by atoms with Crippen LogP contribution in [-0.4, -0.2) is 40.9 Å². The van der Waals surface area contributed by atoms with Crippen LogP contribution in [0.15, 0.2) is 55.1 Å². The normalized spacial score (nSPS) is 23.5. The first-order chi connectivity index (χ1) is 15.5. The molecule has 164 valence electrons. The average molecular weight is 429 g/mol. The Morgan fingerprint density at radius 3 is 2.88 bits per heavy atom. The van der Waals surface area contributed by atoms with Crippen LogP contribution in [0.25, 0.3) is 22.7 Å². The minimum atomic E-state index is -0.584. The summed E-state index contributed by atoms with van der Waals surface area (Å²) in [5.41, 5.74) is 4.56. The number of anilines is 1. The summed E-state index contributed by atoms with van der Waals surface area (Å²) in [5.74, 6) is 1.43. The predicted molar refractivity (Wildman–Crippen MR) is 124 cm³/mol. The molecule has 0 amide bonds. The summed E-state index contributed by atoms with van der Waals surface area (Å²) in [4.78, 5) is 9.13. The third-order valence-electron chi connectivity index (χ3n) is 6.71. The Balaban J connectivity index is 1.30. The number of aliphatic hydroxyl groups is 1. The zero-order valence-corrected chi connectivity index (χ0v) is 18.3. The Bertz CT molecular complexity index is 1270. The fraction of sp³-hybridized carbons (Fsp3) is 0.400. The van der Waals surface area contributed by atoms with Crippen molar-refractivity contribution in [3.63, 3.8) is 0 Å². The molecular weight excluding hydrogens is 400 g/mol. The number of hydrogen-bond acceptors (Lipinski definition) is 5. The molecule has 32 heavy (non-hydrogen) atoms. The molecule has 0 saturated heterocycles. The molecule has 0 aliphatic heterocycles. The second-order valence-electron chi connectivity index (χ2n) is 9.59. The smallest absolute Gasteiger partial charge is 0.153 e. The van der Waals surface area contributed by atoms with Gasteiger partial charge in [0.25, 0.3) is 0 Å². The first-order valence-corrected chi connectivity index (χ1v) is 11.5. The van der Waals surface area contributed by atoms with E-state index in [9.17, 15) is 5.11 Å². The van der Waals surface area contributed by atoms with E-state index in [-0.39, 0.29) is 6.04 Å². The van der Waals surface area contributed by atoms with Gasteiger partial charge in [-0.3, -0.25) is 4.40 Å². The Labute approximate surface area is 187 Å². The highest BCUT2D eigenvalue weighted by Crippen LogP contribution is 2.39. The van der Waals surface area contributed by atoms with Crippen molar-refractivity contribution in [3.8, 4) is 17.1 Å². The number of fused-ring (bicyclic) bond motifs is 1. The van der Waals surface area contributed by atoms with Crippen LogP contribution < -0.4 is 5.32 Å². The maximum atomic E-state index is 10.4. The minimum Gasteiger partial charge on any atom is -0.390 e. The first-order valence-electron chi connectivity index (χ1n) is 11.5. The standard InChI is InChI=1S/C25H28N6O/c1-25(32)10-2-3-19(14-25)28-20-6-7-23-27-15-22(30(23)16-20)18-8-11-26-24(13-18)31-12-9-21(29-31)17-4-5-17/h6-9,11-13,15-17,19,28,32H,2-5,10,14H2,1H3. The zero-order valence-electron chi connectivity index (χ0n) is 18.3. The van der Waals surface area contributed by atoms with Crippen LogP contribution in [0.5, 0.6) is 0 Å². The molecule has 2 unspecified atom stereocenters. The lowest BCUT2D eigenvalue weighted by atomic mass is 9.83. The summed E-state index contributed by atoms with van der Waals surface area (Å²) in [6, 6.07) is 10.5. The van der Waals surface area contributed by atoms with Gasteiger partial charge in [0, 0.05) is 36.1 Å². The van der Waals surface area contributed by atoms with Crippen LogP contribution in [0, 0.1) is 0 Å². The summed E-state index contributed by atoms with van der Waals surface area (Å²) in [5, 5.41) is 18.8. The second kappa shape index (κ2) is 7.45. The number of nitrogens with zero attached hydrogens (tertiary/aromatic N) is 5.